The Bertz CT molecular complexity index is 1220. The Morgan fingerprint density at radius 1 is 0.541 bits per heavy atom. The second-order valence-electron chi connectivity index (χ2n) is 17.1. The fourth-order valence-corrected chi connectivity index (χ4v) is 8.15. The van der Waals surface area contributed by atoms with E-state index in [4.69, 9.17) is 18.9 Å². The monoisotopic (exact) mass is 889 g/mol. The van der Waals surface area contributed by atoms with Gasteiger partial charge in [-0.25, -0.2) is 0 Å². The first-order valence-corrected chi connectivity index (χ1v) is 26.0. The topological polar surface area (TPSA) is 186 Å². The molecule has 358 valence electrons. The number of aliphatic hydroxyl groups is 3. The van der Waals surface area contributed by atoms with E-state index in [1.807, 2.05) is 0 Å². The predicted molar refractivity (Wildman–Crippen MR) is 243 cm³/mol. The van der Waals surface area contributed by atoms with Gasteiger partial charge >= 0.3 is 11.9 Å². The fourth-order valence-electron chi connectivity index (χ4n) is 7.46. The van der Waals surface area contributed by atoms with E-state index in [1.165, 1.54) is 128 Å². The number of carbonyl (C=O) groups is 2. The van der Waals surface area contributed by atoms with E-state index >= 15 is 0 Å². The Balaban J connectivity index is 2.37. The minimum Gasteiger partial charge on any atom is -0.462 e. The van der Waals surface area contributed by atoms with E-state index < -0.39 is 71.2 Å². The number of hydrogen-bond donors (Lipinski definition) is 4. The van der Waals surface area contributed by atoms with Crippen LogP contribution in [0.25, 0.3) is 0 Å². The molecule has 61 heavy (non-hydrogen) atoms. The number of esters is 2. The molecule has 0 saturated carbocycles. The molecule has 0 aliphatic carbocycles. The van der Waals surface area contributed by atoms with Crippen LogP contribution >= 0.6 is 0 Å². The molecule has 0 bridgehead atoms. The molecule has 13 heteroatoms. The van der Waals surface area contributed by atoms with Gasteiger partial charge in [0.15, 0.2) is 12.4 Å². The van der Waals surface area contributed by atoms with Gasteiger partial charge in [-0.2, -0.15) is 8.42 Å². The Morgan fingerprint density at radius 2 is 0.967 bits per heavy atom. The lowest BCUT2D eigenvalue weighted by Gasteiger charge is -2.40. The van der Waals surface area contributed by atoms with Crippen LogP contribution in [0.5, 0.6) is 0 Å². The first-order chi connectivity index (χ1) is 29.5. The number of allylic oxidation sites excluding steroid dienone is 4. The molecule has 1 fully saturated rings. The van der Waals surface area contributed by atoms with Crippen LogP contribution in [0.2, 0.25) is 0 Å². The number of rotatable bonds is 41. The van der Waals surface area contributed by atoms with Crippen molar-refractivity contribution in [1.29, 1.82) is 0 Å². The van der Waals surface area contributed by atoms with E-state index in [-0.39, 0.29) is 19.4 Å². The Hall–Kier alpha value is -1.87. The number of ether oxygens (including phenoxy) is 4. The Kier molecular flexibility index (Phi) is 36.1. The van der Waals surface area contributed by atoms with Crippen molar-refractivity contribution >= 4 is 22.1 Å². The fraction of sp³-hybridized carbons (Fsp3) is 0.875. The van der Waals surface area contributed by atoms with Crippen molar-refractivity contribution in [3.63, 3.8) is 0 Å². The quantitative estimate of drug-likeness (QED) is 0.0197. The van der Waals surface area contributed by atoms with E-state index in [1.54, 1.807) is 0 Å². The first kappa shape index (κ1) is 57.1. The molecule has 0 aromatic rings. The first-order valence-electron chi connectivity index (χ1n) is 24.4. The van der Waals surface area contributed by atoms with E-state index in [0.29, 0.717) is 19.3 Å². The van der Waals surface area contributed by atoms with Crippen LogP contribution < -0.4 is 0 Å². The van der Waals surface area contributed by atoms with Gasteiger partial charge in [0.05, 0.1) is 6.61 Å². The molecule has 0 amide bonds. The minimum absolute atomic E-state index is 0.108. The summed E-state index contributed by atoms with van der Waals surface area (Å²) in [6.45, 7) is 3.73. The van der Waals surface area contributed by atoms with Gasteiger partial charge < -0.3 is 34.3 Å². The minimum atomic E-state index is -4.60. The van der Waals surface area contributed by atoms with Gasteiger partial charge in [-0.3, -0.25) is 14.1 Å². The van der Waals surface area contributed by atoms with Crippen molar-refractivity contribution < 1.29 is 56.8 Å². The normalized spacial score (nSPS) is 20.1. The summed E-state index contributed by atoms with van der Waals surface area (Å²) in [6, 6.07) is 0. The van der Waals surface area contributed by atoms with E-state index in [9.17, 15) is 37.9 Å². The zero-order chi connectivity index (χ0) is 44.8. The summed E-state index contributed by atoms with van der Waals surface area (Å²) in [5, 5.41) is 30.9. The molecule has 0 radical (unpaired) electrons. The van der Waals surface area contributed by atoms with E-state index in [0.717, 1.165) is 38.5 Å². The van der Waals surface area contributed by atoms with Crippen molar-refractivity contribution in [2.75, 3.05) is 19.0 Å². The molecule has 1 aliphatic rings. The van der Waals surface area contributed by atoms with Gasteiger partial charge in [0.2, 0.25) is 0 Å². The maximum absolute atomic E-state index is 12.8. The third-order valence-electron chi connectivity index (χ3n) is 11.3. The van der Waals surface area contributed by atoms with E-state index in [2.05, 4.69) is 38.2 Å². The summed E-state index contributed by atoms with van der Waals surface area (Å²) >= 11 is 0. The highest BCUT2D eigenvalue weighted by atomic mass is 32.2. The smallest absolute Gasteiger partial charge is 0.306 e. The molecular formula is C48H88O12S. The molecular weight excluding hydrogens is 801 g/mol. The lowest BCUT2D eigenvalue weighted by Crippen LogP contribution is -2.60. The van der Waals surface area contributed by atoms with Crippen molar-refractivity contribution in [2.24, 2.45) is 0 Å². The lowest BCUT2D eigenvalue weighted by atomic mass is 10.00. The molecule has 4 N–H and O–H groups in total. The second-order valence-corrected chi connectivity index (χ2v) is 18.6. The molecule has 1 heterocycles. The summed E-state index contributed by atoms with van der Waals surface area (Å²) < 4.78 is 54.0. The molecule has 1 aliphatic heterocycles. The summed E-state index contributed by atoms with van der Waals surface area (Å²) in [5.41, 5.74) is 0. The number of hydrogen-bond acceptors (Lipinski definition) is 11. The average molecular weight is 889 g/mol. The van der Waals surface area contributed by atoms with Gasteiger partial charge in [-0.15, -0.1) is 0 Å². The lowest BCUT2D eigenvalue weighted by molar-refractivity contribution is -0.297. The van der Waals surface area contributed by atoms with Crippen LogP contribution in [-0.2, 0) is 38.7 Å². The molecule has 0 aromatic carbocycles. The molecule has 0 spiro atoms. The maximum atomic E-state index is 12.8. The third-order valence-corrected chi connectivity index (χ3v) is 12.0. The highest BCUT2D eigenvalue weighted by Crippen LogP contribution is 2.24. The van der Waals surface area contributed by atoms with Gasteiger partial charge in [-0.1, -0.05) is 179 Å². The van der Waals surface area contributed by atoms with Gasteiger partial charge in [0.25, 0.3) is 10.1 Å². The zero-order valence-electron chi connectivity index (χ0n) is 38.3. The zero-order valence-corrected chi connectivity index (χ0v) is 39.1. The van der Waals surface area contributed by atoms with Gasteiger partial charge in [-0.05, 0) is 44.9 Å². The SMILES string of the molecule is CCCCCCCCCCCCCCCC/C=C/CC/C=C/CCCC(=O)O[C@H](COC(=O)CCCCCCCCCCCC)CO[C@H]1O[C@H](CS(=O)(=O)O)[C@@H](O)C(O)C1O. The summed E-state index contributed by atoms with van der Waals surface area (Å²) in [7, 11) is -4.60. The third kappa shape index (κ3) is 33.3. The molecule has 12 nitrogen and oxygen atoms in total. The Labute approximate surface area is 370 Å². The maximum Gasteiger partial charge on any atom is 0.306 e. The molecule has 1 saturated heterocycles. The van der Waals surface area contributed by atoms with Gasteiger partial charge in [0, 0.05) is 12.8 Å². The van der Waals surface area contributed by atoms with Crippen molar-refractivity contribution in [1.82, 2.24) is 0 Å². The second kappa shape index (κ2) is 38.6. The van der Waals surface area contributed by atoms with Crippen LogP contribution in [0.15, 0.2) is 24.3 Å². The Morgan fingerprint density at radius 3 is 1.46 bits per heavy atom. The summed E-state index contributed by atoms with van der Waals surface area (Å²) in [6.07, 6.45) is 33.9. The standard InChI is InChI=1S/C48H88O12S/c1-3-5-7-9-11-13-15-16-17-18-19-20-21-22-23-24-25-26-27-29-31-33-35-37-44(50)59-41(38-57-43(49)36-34-32-30-28-14-12-10-8-6-4-2)39-58-48-47(53)46(52)45(51)42(60-48)40-61(54,55)56/h24-25,29,31,41-42,45-48,51-53H,3-23,26-28,30,32-40H2,1-2H3,(H,54,55,56)/b25-24+,31-29+/t41-,42-,45-,46?,47?,48+/m1/s1. The molecule has 2 unspecified atom stereocenters. The highest BCUT2D eigenvalue weighted by Gasteiger charge is 2.46. The van der Waals surface area contributed by atoms with Crippen LogP contribution in [0.1, 0.15) is 213 Å². The average Bonchev–Trinajstić information content (AvgIpc) is 3.22. The van der Waals surface area contributed by atoms with Crippen LogP contribution in [-0.4, -0.2) is 96.0 Å². The molecule has 6 atom stereocenters. The van der Waals surface area contributed by atoms with Gasteiger partial charge in [0.1, 0.15) is 36.8 Å². The van der Waals surface area contributed by atoms with Crippen molar-refractivity contribution in [3.8, 4) is 0 Å². The van der Waals surface area contributed by atoms with Crippen LogP contribution in [0.3, 0.4) is 0 Å². The van der Waals surface area contributed by atoms with Crippen LogP contribution in [0.4, 0.5) is 0 Å². The van der Waals surface area contributed by atoms with Crippen LogP contribution in [0, 0.1) is 0 Å². The largest absolute Gasteiger partial charge is 0.462 e. The summed E-state index contributed by atoms with van der Waals surface area (Å²) in [5.74, 6) is -2.03. The highest BCUT2D eigenvalue weighted by molar-refractivity contribution is 7.85. The van der Waals surface area contributed by atoms with Crippen molar-refractivity contribution in [2.45, 2.75) is 250 Å². The number of aliphatic hydroxyl groups excluding tert-OH is 3. The molecule has 1 rings (SSSR count). The summed E-state index contributed by atoms with van der Waals surface area (Å²) in [4.78, 5) is 25.3. The molecule has 0 aromatic heterocycles. The number of unbranched alkanes of at least 4 members (excludes halogenated alkanes) is 25. The number of carbonyl (C=O) groups excluding carboxylic acids is 2. The predicted octanol–water partition coefficient (Wildman–Crippen LogP) is 10.4. The van der Waals surface area contributed by atoms with Crippen molar-refractivity contribution in [3.05, 3.63) is 24.3 Å².